The molecule has 1 N–H and O–H groups in total. The molecule has 0 aliphatic heterocycles. The summed E-state index contributed by atoms with van der Waals surface area (Å²) in [5, 5.41) is 12.7. The van der Waals surface area contributed by atoms with Gasteiger partial charge < -0.3 is 14.7 Å². The topological polar surface area (TPSA) is 79.3 Å². The number of carbonyl (C=O) groups is 2. The minimum absolute atomic E-state index is 0.0498. The first kappa shape index (κ1) is 39.9. The quantitative estimate of drug-likeness (QED) is 0.113. The van der Waals surface area contributed by atoms with Gasteiger partial charge in [-0.1, -0.05) is 106 Å². The highest BCUT2D eigenvalue weighted by Gasteiger charge is 2.51. The van der Waals surface area contributed by atoms with E-state index in [0.29, 0.717) is 6.42 Å². The van der Waals surface area contributed by atoms with Crippen LogP contribution in [-0.2, 0) is 25.7 Å². The number of aliphatic carboxylic acids is 1. The Hall–Kier alpha value is -3.52. The van der Waals surface area contributed by atoms with Crippen molar-refractivity contribution in [3.05, 3.63) is 107 Å². The van der Waals surface area contributed by atoms with Crippen molar-refractivity contribution >= 4 is 11.9 Å². The molecule has 3 aromatic rings. The Morgan fingerprint density at radius 2 is 1.31 bits per heavy atom. The Balaban J connectivity index is 2.03. The fraction of sp³-hybridized carbons (Fsp3) is 0.524. The molecule has 3 rings (SSSR count). The molecule has 49 heavy (non-hydrogen) atoms. The van der Waals surface area contributed by atoms with Gasteiger partial charge in [0.25, 0.3) is 0 Å². The molecule has 0 aliphatic carbocycles. The van der Waals surface area contributed by atoms with E-state index in [1.165, 1.54) is 18.2 Å². The molecule has 0 saturated carbocycles. The molecular formula is C42H60N2O5. The van der Waals surface area contributed by atoms with Crippen molar-refractivity contribution in [1.82, 2.24) is 9.96 Å². The van der Waals surface area contributed by atoms with Gasteiger partial charge in [0.1, 0.15) is 0 Å². The molecule has 0 fully saturated rings. The number of carboxylic acids is 1. The lowest BCUT2D eigenvalue weighted by Gasteiger charge is -2.47. The third-order valence-electron chi connectivity index (χ3n) is 9.50. The third kappa shape index (κ3) is 10.7. The normalized spacial score (nSPS) is 16.5. The van der Waals surface area contributed by atoms with Crippen LogP contribution in [0.5, 0.6) is 0 Å². The fourth-order valence-electron chi connectivity index (χ4n) is 7.12. The Bertz CT molecular complexity index is 1470. The van der Waals surface area contributed by atoms with E-state index in [9.17, 15) is 14.7 Å². The summed E-state index contributed by atoms with van der Waals surface area (Å²) in [7, 11) is 5.50. The Labute approximate surface area is 295 Å². The average Bonchev–Trinajstić information content (AvgIpc) is 3.04. The second-order valence-corrected chi connectivity index (χ2v) is 15.9. The highest BCUT2D eigenvalue weighted by Crippen LogP contribution is 2.46. The summed E-state index contributed by atoms with van der Waals surface area (Å²) in [4.78, 5) is 36.0. The first-order valence-corrected chi connectivity index (χ1v) is 17.5. The van der Waals surface area contributed by atoms with Crippen molar-refractivity contribution < 1.29 is 24.3 Å². The summed E-state index contributed by atoms with van der Waals surface area (Å²) in [6, 6.07) is 28.8. The van der Waals surface area contributed by atoms with Crippen LogP contribution in [0.1, 0.15) is 115 Å². The van der Waals surface area contributed by atoms with Gasteiger partial charge in [0.15, 0.2) is 5.60 Å². The highest BCUT2D eigenvalue weighted by atomic mass is 16.7. The number of hydrogen-bond acceptors (Lipinski definition) is 6. The van der Waals surface area contributed by atoms with Crippen molar-refractivity contribution in [2.45, 2.75) is 110 Å². The summed E-state index contributed by atoms with van der Waals surface area (Å²) in [5.41, 5.74) is 1.13. The average molecular weight is 673 g/mol. The second kappa shape index (κ2) is 16.9. The van der Waals surface area contributed by atoms with Gasteiger partial charge in [-0.3, -0.25) is 9.63 Å². The molecule has 0 aliphatic rings. The fourth-order valence-corrected chi connectivity index (χ4v) is 7.12. The predicted molar refractivity (Wildman–Crippen MR) is 198 cm³/mol. The van der Waals surface area contributed by atoms with E-state index in [1.807, 2.05) is 81.3 Å². The summed E-state index contributed by atoms with van der Waals surface area (Å²) < 4.78 is 5.43. The largest absolute Gasteiger partial charge is 0.479 e. The van der Waals surface area contributed by atoms with Crippen LogP contribution in [0.2, 0.25) is 0 Å². The van der Waals surface area contributed by atoms with Gasteiger partial charge in [-0.15, -0.1) is 0 Å². The SMILES string of the molecule is COC(=O)C(C)(CC(CC(C)c1ccc(CN(C)C)cc1)c1ccccc1)CC(C)(ON(C(c1ccccc1)C(C)C)C(C)(C)C)C(=O)O. The molecule has 0 bridgehead atoms. The van der Waals surface area contributed by atoms with Gasteiger partial charge in [-0.25, -0.2) is 4.79 Å². The summed E-state index contributed by atoms with van der Waals surface area (Å²) >= 11 is 0. The molecule has 7 nitrogen and oxygen atoms in total. The number of esters is 1. The number of ether oxygens (including phenoxy) is 1. The van der Waals surface area contributed by atoms with Crippen molar-refractivity contribution in [1.29, 1.82) is 0 Å². The van der Waals surface area contributed by atoms with E-state index in [4.69, 9.17) is 9.57 Å². The zero-order valence-electron chi connectivity index (χ0n) is 31.7. The number of methoxy groups -OCH3 is 1. The lowest BCUT2D eigenvalue weighted by Crippen LogP contribution is -2.55. The van der Waals surface area contributed by atoms with Crippen molar-refractivity contribution in [3.8, 4) is 0 Å². The van der Waals surface area contributed by atoms with E-state index in [1.54, 1.807) is 6.92 Å². The van der Waals surface area contributed by atoms with Crippen LogP contribution in [0.4, 0.5) is 0 Å². The molecule has 5 atom stereocenters. The first-order valence-electron chi connectivity index (χ1n) is 17.5. The predicted octanol–water partition coefficient (Wildman–Crippen LogP) is 9.26. The third-order valence-corrected chi connectivity index (χ3v) is 9.50. The molecule has 0 aromatic heterocycles. The molecule has 268 valence electrons. The molecule has 0 amide bonds. The smallest absolute Gasteiger partial charge is 0.337 e. The zero-order valence-corrected chi connectivity index (χ0v) is 31.7. The second-order valence-electron chi connectivity index (χ2n) is 15.9. The van der Waals surface area contributed by atoms with Gasteiger partial charge in [0.2, 0.25) is 0 Å². The molecule has 0 radical (unpaired) electrons. The Kier molecular flexibility index (Phi) is 13.8. The maximum absolute atomic E-state index is 13.8. The van der Waals surface area contributed by atoms with E-state index in [2.05, 4.69) is 76.2 Å². The molecule has 5 unspecified atom stereocenters. The molecule has 0 saturated heterocycles. The number of carbonyl (C=O) groups excluding carboxylic acids is 1. The summed E-state index contributed by atoms with van der Waals surface area (Å²) in [6.07, 6.45) is 1.08. The number of carboxylic acid groups (broad SMARTS) is 1. The molecule has 3 aromatic carbocycles. The van der Waals surface area contributed by atoms with Gasteiger partial charge >= 0.3 is 11.9 Å². The molecule has 7 heteroatoms. The van der Waals surface area contributed by atoms with E-state index in [-0.39, 0.29) is 30.2 Å². The lowest BCUT2D eigenvalue weighted by atomic mass is 9.70. The highest BCUT2D eigenvalue weighted by molar-refractivity contribution is 5.81. The number of hydroxylamine groups is 2. The van der Waals surface area contributed by atoms with Crippen LogP contribution >= 0.6 is 0 Å². The Morgan fingerprint density at radius 1 is 0.776 bits per heavy atom. The molecular weight excluding hydrogens is 612 g/mol. The van der Waals surface area contributed by atoms with Crippen LogP contribution < -0.4 is 0 Å². The summed E-state index contributed by atoms with van der Waals surface area (Å²) in [6.45, 7) is 16.8. The van der Waals surface area contributed by atoms with Gasteiger partial charge in [-0.2, -0.15) is 5.06 Å². The van der Waals surface area contributed by atoms with Gasteiger partial charge in [0, 0.05) is 18.5 Å². The minimum atomic E-state index is -1.74. The maximum Gasteiger partial charge on any atom is 0.337 e. The van der Waals surface area contributed by atoms with Crippen LogP contribution in [-0.4, -0.2) is 59.4 Å². The zero-order chi connectivity index (χ0) is 36.6. The van der Waals surface area contributed by atoms with E-state index in [0.717, 1.165) is 24.1 Å². The lowest BCUT2D eigenvalue weighted by molar-refractivity contribution is -0.307. The number of rotatable bonds is 17. The van der Waals surface area contributed by atoms with Crippen molar-refractivity contribution in [3.63, 3.8) is 0 Å². The minimum Gasteiger partial charge on any atom is -0.479 e. The van der Waals surface area contributed by atoms with Crippen molar-refractivity contribution in [2.24, 2.45) is 11.3 Å². The summed E-state index contributed by atoms with van der Waals surface area (Å²) in [5.74, 6) is -1.33. The van der Waals surface area contributed by atoms with Crippen LogP contribution in [0.15, 0.2) is 84.9 Å². The van der Waals surface area contributed by atoms with E-state index < -0.39 is 28.5 Å². The van der Waals surface area contributed by atoms with Gasteiger partial charge in [-0.05, 0) is 102 Å². The van der Waals surface area contributed by atoms with Gasteiger partial charge in [0.05, 0.1) is 18.6 Å². The van der Waals surface area contributed by atoms with Crippen LogP contribution in [0, 0.1) is 11.3 Å². The molecule has 0 spiro atoms. The number of hydrogen-bond donors (Lipinski definition) is 1. The monoisotopic (exact) mass is 672 g/mol. The number of nitrogens with zero attached hydrogens (tertiary/aromatic N) is 2. The molecule has 0 heterocycles. The van der Waals surface area contributed by atoms with E-state index >= 15 is 0 Å². The van der Waals surface area contributed by atoms with Crippen LogP contribution in [0.25, 0.3) is 0 Å². The first-order chi connectivity index (χ1) is 22.9. The Morgan fingerprint density at radius 3 is 1.76 bits per heavy atom. The van der Waals surface area contributed by atoms with Crippen molar-refractivity contribution in [2.75, 3.05) is 21.2 Å². The maximum atomic E-state index is 13.8. The van der Waals surface area contributed by atoms with Crippen LogP contribution in [0.3, 0.4) is 0 Å². The number of benzene rings is 3. The standard InChI is InChI=1S/C42H60N2O5/c1-30(2)37(35-20-16-13-17-21-35)44(40(4,5)6)49-42(8,38(45)46)29-41(7,39(47)48-11)27-36(34-18-14-12-15-19-34)26-31(3)33-24-22-32(23-25-33)28-43(9)10/h12-25,30-31,36-37H,26-29H2,1-11H3,(H,45,46).